The molecule has 0 bridgehead atoms. The van der Waals surface area contributed by atoms with Crippen LogP contribution in [0.15, 0.2) is 102 Å². The number of fused-ring (bicyclic) bond motifs is 1. The Morgan fingerprint density at radius 3 is 2.55 bits per heavy atom. The summed E-state index contributed by atoms with van der Waals surface area (Å²) < 4.78 is 15.3. The van der Waals surface area contributed by atoms with Crippen LogP contribution in [-0.4, -0.2) is 56.2 Å². The summed E-state index contributed by atoms with van der Waals surface area (Å²) in [4.78, 5) is 35.1. The van der Waals surface area contributed by atoms with E-state index in [1.54, 1.807) is 18.3 Å². The number of para-hydroxylation sites is 2. The molecule has 2 aliphatic heterocycles. The molecule has 2 saturated heterocycles. The molecule has 0 radical (unpaired) electrons. The van der Waals surface area contributed by atoms with Gasteiger partial charge in [0.2, 0.25) is 0 Å². The van der Waals surface area contributed by atoms with Crippen LogP contribution in [0.5, 0.6) is 0 Å². The van der Waals surface area contributed by atoms with E-state index in [1.807, 2.05) is 77.4 Å². The van der Waals surface area contributed by atoms with Crippen LogP contribution < -0.4 is 11.0 Å². The summed E-state index contributed by atoms with van der Waals surface area (Å²) in [6.07, 6.45) is 3.86. The minimum atomic E-state index is -0.656. The van der Waals surface area contributed by atoms with Gasteiger partial charge in [-0.3, -0.25) is 14.3 Å². The number of piperidine rings is 1. The molecular weight excluding hydrogens is 594 g/mol. The van der Waals surface area contributed by atoms with Crippen LogP contribution in [0.4, 0.5) is 5.69 Å². The van der Waals surface area contributed by atoms with Crippen molar-refractivity contribution in [1.82, 2.24) is 19.4 Å². The molecule has 4 unspecified atom stereocenters. The average molecular weight is 634 g/mol. The number of benzene rings is 3. The van der Waals surface area contributed by atoms with Crippen molar-refractivity contribution in [2.75, 3.05) is 25.0 Å². The second kappa shape index (κ2) is 13.6. The van der Waals surface area contributed by atoms with Crippen LogP contribution in [0.2, 0.25) is 0 Å². The standard InChI is InChI=1S/C37H39N5O5/c1-24-33(22-41-18-15-30(16-19-41)42-32-10-3-2-9-31(32)40-37(42)45)46-36(47-34(24)26-13-11-25(23-43)12-14-26)27-6-4-8-29(20-27)39-35(44)28-7-5-17-38-21-28/h2-14,17,20-21,24,30,33-34,36,43H,15-16,18-19,22-23H2,1H3,(H,39,44)(H,40,45). The number of imidazole rings is 1. The van der Waals surface area contributed by atoms with Crippen molar-refractivity contribution >= 4 is 22.6 Å². The van der Waals surface area contributed by atoms with Gasteiger partial charge < -0.3 is 29.8 Å². The number of nitrogens with one attached hydrogen (secondary N) is 2. The lowest BCUT2D eigenvalue weighted by molar-refractivity contribution is -0.276. The zero-order valence-corrected chi connectivity index (χ0v) is 26.3. The number of aromatic amines is 1. The lowest BCUT2D eigenvalue weighted by atomic mass is 9.89. The lowest BCUT2D eigenvalue weighted by Crippen LogP contribution is -2.47. The van der Waals surface area contributed by atoms with Gasteiger partial charge in [-0.15, -0.1) is 0 Å². The first-order chi connectivity index (χ1) is 23.0. The first-order valence-electron chi connectivity index (χ1n) is 16.2. The largest absolute Gasteiger partial charge is 0.392 e. The van der Waals surface area contributed by atoms with Crippen LogP contribution >= 0.6 is 0 Å². The average Bonchev–Trinajstić information content (AvgIpc) is 3.45. The van der Waals surface area contributed by atoms with Crippen molar-refractivity contribution in [3.8, 4) is 0 Å². The fourth-order valence-electron chi connectivity index (χ4n) is 6.84. The van der Waals surface area contributed by atoms with E-state index >= 15 is 0 Å². The first-order valence-corrected chi connectivity index (χ1v) is 16.2. The van der Waals surface area contributed by atoms with Gasteiger partial charge in [0, 0.05) is 55.2 Å². The highest BCUT2D eigenvalue weighted by Crippen LogP contribution is 2.42. The summed E-state index contributed by atoms with van der Waals surface area (Å²) in [6, 6.07) is 26.9. The van der Waals surface area contributed by atoms with Crippen molar-refractivity contribution in [2.24, 2.45) is 5.92 Å². The van der Waals surface area contributed by atoms with Gasteiger partial charge in [-0.1, -0.05) is 55.5 Å². The van der Waals surface area contributed by atoms with Crippen molar-refractivity contribution in [1.29, 1.82) is 0 Å². The maximum Gasteiger partial charge on any atom is 0.326 e. The number of carbonyl (C=O) groups excluding carboxylic acids is 1. The van der Waals surface area contributed by atoms with E-state index in [4.69, 9.17) is 9.47 Å². The van der Waals surface area contributed by atoms with E-state index in [1.165, 1.54) is 6.20 Å². The maximum atomic E-state index is 12.8. The van der Waals surface area contributed by atoms with Crippen molar-refractivity contribution in [3.63, 3.8) is 0 Å². The number of aliphatic hydroxyl groups excluding tert-OH is 1. The fourth-order valence-corrected chi connectivity index (χ4v) is 6.84. The monoisotopic (exact) mass is 633 g/mol. The summed E-state index contributed by atoms with van der Waals surface area (Å²) in [5, 5.41) is 12.6. The molecule has 10 nitrogen and oxygen atoms in total. The minimum Gasteiger partial charge on any atom is -0.392 e. The van der Waals surface area contributed by atoms with Crippen LogP contribution in [-0.2, 0) is 16.1 Å². The minimum absolute atomic E-state index is 0.0199. The summed E-state index contributed by atoms with van der Waals surface area (Å²) in [5.41, 5.74) is 5.55. The highest BCUT2D eigenvalue weighted by molar-refractivity contribution is 6.04. The Balaban J connectivity index is 1.09. The molecule has 3 N–H and O–H groups in total. The molecule has 7 rings (SSSR count). The second-order valence-corrected chi connectivity index (χ2v) is 12.5. The number of amides is 1. The maximum absolute atomic E-state index is 12.8. The zero-order valence-electron chi connectivity index (χ0n) is 26.3. The number of likely N-dealkylation sites (tertiary alicyclic amines) is 1. The van der Waals surface area contributed by atoms with Gasteiger partial charge >= 0.3 is 5.69 Å². The number of carbonyl (C=O) groups is 1. The van der Waals surface area contributed by atoms with Gasteiger partial charge in [0.05, 0.1) is 35.4 Å². The van der Waals surface area contributed by atoms with E-state index in [2.05, 4.69) is 27.1 Å². The number of H-pyrrole nitrogens is 1. The molecule has 242 valence electrons. The van der Waals surface area contributed by atoms with E-state index < -0.39 is 6.29 Å². The Labute approximate surface area is 273 Å². The van der Waals surface area contributed by atoms with Crippen LogP contribution in [0, 0.1) is 5.92 Å². The number of aromatic nitrogens is 3. The van der Waals surface area contributed by atoms with Gasteiger partial charge in [-0.25, -0.2) is 4.79 Å². The number of ether oxygens (including phenoxy) is 2. The summed E-state index contributed by atoms with van der Waals surface area (Å²) >= 11 is 0. The molecule has 3 aromatic carbocycles. The third-order valence-electron chi connectivity index (χ3n) is 9.45. The Morgan fingerprint density at radius 2 is 1.79 bits per heavy atom. The van der Waals surface area contributed by atoms with Crippen LogP contribution in [0.3, 0.4) is 0 Å². The molecular formula is C37H39N5O5. The molecule has 0 spiro atoms. The summed E-state index contributed by atoms with van der Waals surface area (Å²) in [5.74, 6) is -0.207. The number of hydrogen-bond acceptors (Lipinski definition) is 7. The Bertz CT molecular complexity index is 1880. The number of aliphatic hydroxyl groups is 1. The molecule has 10 heteroatoms. The molecule has 2 aromatic heterocycles. The lowest BCUT2D eigenvalue weighted by Gasteiger charge is -2.44. The molecule has 0 aliphatic carbocycles. The summed E-state index contributed by atoms with van der Waals surface area (Å²) in [6.45, 7) is 4.56. The summed E-state index contributed by atoms with van der Waals surface area (Å²) in [7, 11) is 0. The van der Waals surface area contributed by atoms with Crippen molar-refractivity contribution in [3.05, 3.63) is 130 Å². The molecule has 4 heterocycles. The molecule has 4 atom stereocenters. The van der Waals surface area contributed by atoms with Crippen LogP contribution in [0.1, 0.15) is 65.2 Å². The normalized spacial score (nSPS) is 22.3. The van der Waals surface area contributed by atoms with E-state index in [0.717, 1.165) is 60.2 Å². The third kappa shape index (κ3) is 6.63. The number of rotatable bonds is 8. The van der Waals surface area contributed by atoms with E-state index in [0.29, 0.717) is 11.3 Å². The predicted octanol–water partition coefficient (Wildman–Crippen LogP) is 5.60. The Morgan fingerprint density at radius 1 is 0.979 bits per heavy atom. The van der Waals surface area contributed by atoms with Gasteiger partial charge in [-0.05, 0) is 60.4 Å². The first kappa shape index (κ1) is 31.0. The molecule has 1 amide bonds. The Kier molecular flexibility index (Phi) is 8.99. The van der Waals surface area contributed by atoms with Gasteiger partial charge in [-0.2, -0.15) is 0 Å². The van der Waals surface area contributed by atoms with Gasteiger partial charge in [0.1, 0.15) is 0 Å². The predicted molar refractivity (Wildman–Crippen MR) is 179 cm³/mol. The van der Waals surface area contributed by atoms with Crippen molar-refractivity contribution < 1.29 is 19.4 Å². The topological polar surface area (TPSA) is 122 Å². The molecule has 2 fully saturated rings. The zero-order chi connectivity index (χ0) is 32.3. The van der Waals surface area contributed by atoms with E-state index in [-0.39, 0.29) is 42.4 Å². The number of anilines is 1. The highest BCUT2D eigenvalue weighted by Gasteiger charge is 2.39. The number of pyridine rings is 1. The molecule has 0 saturated carbocycles. The SMILES string of the molecule is CC1C(CN2CCC(n3c(=O)[nH]c4ccccc43)CC2)OC(c2cccc(NC(=O)c3cccnc3)c2)OC1c1ccc(CO)cc1. The second-order valence-electron chi connectivity index (χ2n) is 12.5. The van der Waals surface area contributed by atoms with Gasteiger partial charge in [0.25, 0.3) is 5.91 Å². The molecule has 2 aliphatic rings. The molecule has 47 heavy (non-hydrogen) atoms. The fraction of sp³-hybridized carbons (Fsp3) is 0.324. The van der Waals surface area contributed by atoms with Gasteiger partial charge in [0.15, 0.2) is 6.29 Å². The quantitative estimate of drug-likeness (QED) is 0.204. The smallest absolute Gasteiger partial charge is 0.326 e. The highest BCUT2D eigenvalue weighted by atomic mass is 16.7. The van der Waals surface area contributed by atoms with E-state index in [9.17, 15) is 14.7 Å². The Hall–Kier alpha value is -4.61. The van der Waals surface area contributed by atoms with Crippen molar-refractivity contribution in [2.45, 2.75) is 50.9 Å². The number of nitrogens with zero attached hydrogens (tertiary/aromatic N) is 3. The van der Waals surface area contributed by atoms with Crippen LogP contribution in [0.25, 0.3) is 11.0 Å². The molecule has 5 aromatic rings. The number of hydrogen-bond donors (Lipinski definition) is 3. The third-order valence-corrected chi connectivity index (χ3v) is 9.45.